The first-order valence-corrected chi connectivity index (χ1v) is 15.1. The molecule has 1 amide bonds. The molecule has 0 bridgehead atoms. The van der Waals surface area contributed by atoms with Gasteiger partial charge in [-0.25, -0.2) is 0 Å². The molecule has 1 aliphatic heterocycles. The van der Waals surface area contributed by atoms with Crippen LogP contribution in [0.5, 0.6) is 0 Å². The lowest BCUT2D eigenvalue weighted by Crippen LogP contribution is -2.65. The van der Waals surface area contributed by atoms with Gasteiger partial charge in [-0.1, -0.05) is 54.6 Å². The quantitative estimate of drug-likeness (QED) is 0.118. The van der Waals surface area contributed by atoms with Gasteiger partial charge < -0.3 is 45.4 Å². The van der Waals surface area contributed by atoms with Gasteiger partial charge in [-0.2, -0.15) is 0 Å². The van der Waals surface area contributed by atoms with Gasteiger partial charge in [0.1, 0.15) is 24.4 Å². The molecule has 0 radical (unpaired) electrons. The van der Waals surface area contributed by atoms with E-state index < -0.39 is 55.1 Å². The molecular formula is C32H49NO9. The van der Waals surface area contributed by atoms with E-state index in [1.54, 1.807) is 6.08 Å². The van der Waals surface area contributed by atoms with Crippen LogP contribution < -0.4 is 5.32 Å². The van der Waals surface area contributed by atoms with Crippen LogP contribution in [0.15, 0.2) is 54.6 Å². The molecule has 7 N–H and O–H groups in total. The molecule has 10 atom stereocenters. The van der Waals surface area contributed by atoms with Crippen LogP contribution in [0.25, 0.3) is 0 Å². The van der Waals surface area contributed by atoms with Crippen molar-refractivity contribution in [3.63, 3.8) is 0 Å². The summed E-state index contributed by atoms with van der Waals surface area (Å²) < 4.78 is 12.0. The fourth-order valence-electron chi connectivity index (χ4n) is 5.87. The average Bonchev–Trinajstić information content (AvgIpc) is 3.26. The lowest BCUT2D eigenvalue weighted by molar-refractivity contribution is -0.369. The molecule has 1 saturated carbocycles. The van der Waals surface area contributed by atoms with E-state index in [-0.39, 0.29) is 24.2 Å². The van der Waals surface area contributed by atoms with Crippen molar-refractivity contribution in [1.82, 2.24) is 5.32 Å². The third kappa shape index (κ3) is 9.42. The summed E-state index contributed by atoms with van der Waals surface area (Å²) in [6.45, 7) is 3.35. The van der Waals surface area contributed by atoms with E-state index in [2.05, 4.69) is 5.32 Å². The Morgan fingerprint density at radius 2 is 1.90 bits per heavy atom. The molecule has 10 heteroatoms. The minimum atomic E-state index is -1.74. The highest BCUT2D eigenvalue weighted by molar-refractivity contribution is 5.75. The molecule has 2 fully saturated rings. The highest BCUT2D eigenvalue weighted by atomic mass is 16.7. The van der Waals surface area contributed by atoms with Crippen LogP contribution in [-0.2, 0) is 20.7 Å². The highest BCUT2D eigenvalue weighted by Gasteiger charge is 2.54. The first-order chi connectivity index (χ1) is 20.1. The van der Waals surface area contributed by atoms with E-state index in [9.17, 15) is 35.4 Å². The molecule has 1 heterocycles. The van der Waals surface area contributed by atoms with Crippen molar-refractivity contribution in [2.24, 2.45) is 11.8 Å². The highest BCUT2D eigenvalue weighted by Crippen LogP contribution is 2.42. The lowest BCUT2D eigenvalue weighted by Gasteiger charge is -2.47. The number of carbonyl (C=O) groups is 1. The summed E-state index contributed by atoms with van der Waals surface area (Å²) in [5.74, 6) is -2.35. The van der Waals surface area contributed by atoms with E-state index in [4.69, 9.17) is 9.47 Å². The molecule has 1 aromatic rings. The number of hydrogen-bond donors (Lipinski definition) is 7. The van der Waals surface area contributed by atoms with Crippen LogP contribution >= 0.6 is 0 Å². The van der Waals surface area contributed by atoms with Crippen molar-refractivity contribution in [2.45, 2.75) is 107 Å². The van der Waals surface area contributed by atoms with E-state index in [0.717, 1.165) is 5.56 Å². The minimum Gasteiger partial charge on any atom is -0.394 e. The molecule has 2 aliphatic rings. The summed E-state index contributed by atoms with van der Waals surface area (Å²) >= 11 is 0. The van der Waals surface area contributed by atoms with Crippen molar-refractivity contribution in [1.29, 1.82) is 0 Å². The summed E-state index contributed by atoms with van der Waals surface area (Å²) in [5, 5.41) is 65.4. The third-order valence-electron chi connectivity index (χ3n) is 8.28. The Morgan fingerprint density at radius 1 is 1.17 bits per heavy atom. The molecule has 1 aliphatic carbocycles. The van der Waals surface area contributed by atoms with E-state index in [0.29, 0.717) is 45.1 Å². The predicted molar refractivity (Wildman–Crippen MR) is 157 cm³/mol. The van der Waals surface area contributed by atoms with E-state index in [1.807, 2.05) is 55.5 Å². The smallest absolute Gasteiger partial charge is 0.219 e. The Balaban J connectivity index is 1.70. The number of nitrogens with one attached hydrogen (secondary N) is 1. The monoisotopic (exact) mass is 591 g/mol. The third-order valence-corrected chi connectivity index (χ3v) is 8.28. The Hall–Kier alpha value is -2.15. The summed E-state index contributed by atoms with van der Waals surface area (Å²) in [5.41, 5.74) is 1.13. The molecule has 236 valence electrons. The molecule has 3 rings (SSSR count). The Labute approximate surface area is 248 Å². The maximum Gasteiger partial charge on any atom is 0.219 e. The van der Waals surface area contributed by atoms with Gasteiger partial charge in [0.05, 0.1) is 24.9 Å². The van der Waals surface area contributed by atoms with Crippen molar-refractivity contribution >= 4 is 5.91 Å². The fourth-order valence-corrected chi connectivity index (χ4v) is 5.87. The first kappa shape index (κ1) is 34.3. The molecule has 42 heavy (non-hydrogen) atoms. The largest absolute Gasteiger partial charge is 0.394 e. The zero-order valence-corrected chi connectivity index (χ0v) is 24.7. The van der Waals surface area contributed by atoms with Gasteiger partial charge in [0, 0.05) is 25.3 Å². The fraction of sp³-hybridized carbons (Fsp3) is 0.656. The Bertz CT molecular complexity index is 1000. The summed E-state index contributed by atoms with van der Waals surface area (Å²) in [6, 6.07) is 9.89. The SMILES string of the molecule is CCNC(=O)CCC/C=C\C[C@@H]1[C@@H](/C=C/[C@@H](O)CCc2ccccc2)[C@H](O)C[C@@H]1O[C@@]1(C)OC(CO)[C@@H](O)C(O)C1O. The summed E-state index contributed by atoms with van der Waals surface area (Å²) in [6.07, 6.45) is 3.41. The maximum atomic E-state index is 11.7. The van der Waals surface area contributed by atoms with Crippen molar-refractivity contribution in [3.8, 4) is 0 Å². The molecule has 0 spiro atoms. The van der Waals surface area contributed by atoms with Crippen LogP contribution in [0, 0.1) is 11.8 Å². The van der Waals surface area contributed by atoms with Gasteiger partial charge in [0.2, 0.25) is 5.91 Å². The number of allylic oxidation sites excluding steroid dienone is 2. The number of amides is 1. The number of aliphatic hydroxyl groups excluding tert-OH is 6. The number of ether oxygens (including phenoxy) is 2. The van der Waals surface area contributed by atoms with Crippen LogP contribution in [0.1, 0.15) is 57.9 Å². The van der Waals surface area contributed by atoms with E-state index in [1.165, 1.54) is 6.92 Å². The van der Waals surface area contributed by atoms with Gasteiger partial charge in [-0.15, -0.1) is 0 Å². The Morgan fingerprint density at radius 3 is 2.60 bits per heavy atom. The predicted octanol–water partition coefficient (Wildman–Crippen LogP) is 1.36. The second-order valence-electron chi connectivity index (χ2n) is 11.5. The number of aliphatic hydroxyl groups is 6. The van der Waals surface area contributed by atoms with Crippen LogP contribution in [0.2, 0.25) is 0 Å². The van der Waals surface area contributed by atoms with Gasteiger partial charge in [0.25, 0.3) is 0 Å². The molecule has 3 unspecified atom stereocenters. The van der Waals surface area contributed by atoms with Crippen LogP contribution in [-0.4, -0.2) is 98.2 Å². The standard InChI is InChI=1S/C32H49NO9/c1-3-33-28(37)14-10-5-4-9-13-24-23(18-17-22(35)16-15-21-11-7-6-8-12-21)25(36)19-26(24)41-32(2)31(40)30(39)29(38)27(20-34)42-32/h4,6-9,11-12,17-18,22-27,29-31,34-36,38-40H,3,5,10,13-16,19-20H2,1-2H3,(H,33,37)/b9-4-,18-17+/t22-,23+,24+,25+,26-,27?,29+,30?,31?,32-/m0/s1. The number of benzene rings is 1. The number of carbonyl (C=O) groups excluding carboxylic acids is 1. The molecule has 1 saturated heterocycles. The molecule has 0 aromatic heterocycles. The Kier molecular flexibility index (Phi) is 13.6. The van der Waals surface area contributed by atoms with Gasteiger partial charge in [0.15, 0.2) is 5.79 Å². The average molecular weight is 592 g/mol. The minimum absolute atomic E-state index is 0.0158. The van der Waals surface area contributed by atoms with Crippen LogP contribution in [0.4, 0.5) is 0 Å². The van der Waals surface area contributed by atoms with Crippen LogP contribution in [0.3, 0.4) is 0 Å². The van der Waals surface area contributed by atoms with Gasteiger partial charge in [-0.05, 0) is 57.4 Å². The summed E-state index contributed by atoms with van der Waals surface area (Å²) in [4.78, 5) is 11.7. The van der Waals surface area contributed by atoms with Gasteiger partial charge in [-0.3, -0.25) is 4.79 Å². The zero-order chi connectivity index (χ0) is 30.7. The zero-order valence-electron chi connectivity index (χ0n) is 24.7. The second-order valence-corrected chi connectivity index (χ2v) is 11.5. The molecular weight excluding hydrogens is 542 g/mol. The number of aryl methyl sites for hydroxylation is 1. The second kappa shape index (κ2) is 16.6. The van der Waals surface area contributed by atoms with E-state index >= 15 is 0 Å². The number of rotatable bonds is 15. The first-order valence-electron chi connectivity index (χ1n) is 15.1. The van der Waals surface area contributed by atoms with Crippen molar-refractivity contribution in [2.75, 3.05) is 13.2 Å². The maximum absolute atomic E-state index is 11.7. The number of hydrogen-bond acceptors (Lipinski definition) is 9. The topological polar surface area (TPSA) is 169 Å². The number of unbranched alkanes of at least 4 members (excludes halogenated alkanes) is 1. The lowest BCUT2D eigenvalue weighted by atomic mass is 9.88. The van der Waals surface area contributed by atoms with Crippen molar-refractivity contribution < 1.29 is 44.9 Å². The molecule has 1 aromatic carbocycles. The van der Waals surface area contributed by atoms with Gasteiger partial charge >= 0.3 is 0 Å². The van der Waals surface area contributed by atoms with Crippen molar-refractivity contribution in [3.05, 3.63) is 60.2 Å². The molecule has 10 nitrogen and oxygen atoms in total. The normalized spacial score (nSPS) is 34.3. The summed E-state index contributed by atoms with van der Waals surface area (Å²) in [7, 11) is 0.